The van der Waals surface area contributed by atoms with Crippen molar-refractivity contribution in [3.8, 4) is 17.2 Å². The van der Waals surface area contributed by atoms with E-state index in [1.54, 1.807) is 36.4 Å². The van der Waals surface area contributed by atoms with E-state index in [9.17, 15) is 9.59 Å². The maximum Gasteiger partial charge on any atom is 0.257 e. The lowest BCUT2D eigenvalue weighted by atomic mass is 10.1. The van der Waals surface area contributed by atoms with Crippen LogP contribution in [0.15, 0.2) is 40.7 Å². The first kappa shape index (κ1) is 26.6. The number of ether oxygens (including phenoxy) is 3. The number of carbonyl (C=O) groups is 2. The molecule has 186 valence electrons. The van der Waals surface area contributed by atoms with Crippen LogP contribution in [-0.4, -0.2) is 47.6 Å². The Hall–Kier alpha value is -3.02. The van der Waals surface area contributed by atoms with Gasteiger partial charge in [0.25, 0.3) is 5.91 Å². The van der Waals surface area contributed by atoms with Crippen molar-refractivity contribution >= 4 is 57.3 Å². The summed E-state index contributed by atoms with van der Waals surface area (Å²) in [6, 6.07) is 10.1. The minimum Gasteiger partial charge on any atom is -0.490 e. The number of hydrogen-bond acceptors (Lipinski definition) is 9. The third-order valence-electron chi connectivity index (χ3n) is 4.23. The van der Waals surface area contributed by atoms with Crippen molar-refractivity contribution < 1.29 is 23.8 Å². The number of amides is 2. The van der Waals surface area contributed by atoms with Gasteiger partial charge in [-0.25, -0.2) is 0 Å². The van der Waals surface area contributed by atoms with Crippen LogP contribution in [0.2, 0.25) is 5.02 Å². The summed E-state index contributed by atoms with van der Waals surface area (Å²) in [7, 11) is 0. The van der Waals surface area contributed by atoms with Crippen LogP contribution in [0.25, 0.3) is 0 Å². The highest BCUT2D eigenvalue weighted by Gasteiger charge is 2.19. The average molecular weight is 537 g/mol. The van der Waals surface area contributed by atoms with Crippen LogP contribution in [0, 0.1) is 0 Å². The number of aromatic nitrogens is 2. The third-order valence-corrected chi connectivity index (χ3v) is 6.44. The zero-order chi connectivity index (χ0) is 25.2. The zero-order valence-corrected chi connectivity index (χ0v) is 21.8. The molecule has 0 bridgehead atoms. The largest absolute Gasteiger partial charge is 0.490 e. The molecule has 0 radical (unpaired) electrons. The maximum atomic E-state index is 12.9. The summed E-state index contributed by atoms with van der Waals surface area (Å²) in [5, 5.41) is 14.4. The standard InChI is InChI=1S/C23H25ClN4O5S2/c1-4-31-17-10-14(11-18(32-5-2)20(17)33-6-3)21(30)26-22-27-28-23(35-22)34-13-19(29)25-16-9-7-8-15(24)12-16/h7-12H,4-6,13H2,1-3H3,(H,25,29)(H,26,27,30). The van der Waals surface area contributed by atoms with E-state index in [1.807, 2.05) is 20.8 Å². The Bertz CT molecular complexity index is 1150. The monoisotopic (exact) mass is 536 g/mol. The molecular weight excluding hydrogens is 512 g/mol. The van der Waals surface area contributed by atoms with Gasteiger partial charge in [0.15, 0.2) is 15.8 Å². The molecule has 0 spiro atoms. The van der Waals surface area contributed by atoms with Gasteiger partial charge in [-0.15, -0.1) is 10.2 Å². The van der Waals surface area contributed by atoms with E-state index < -0.39 is 5.91 Å². The highest BCUT2D eigenvalue weighted by atomic mass is 35.5. The van der Waals surface area contributed by atoms with Crippen LogP contribution in [0.1, 0.15) is 31.1 Å². The summed E-state index contributed by atoms with van der Waals surface area (Å²) in [6.45, 7) is 6.78. The molecule has 2 N–H and O–H groups in total. The minimum absolute atomic E-state index is 0.128. The summed E-state index contributed by atoms with van der Waals surface area (Å²) < 4.78 is 17.5. The van der Waals surface area contributed by atoms with Gasteiger partial charge < -0.3 is 19.5 Å². The highest BCUT2D eigenvalue weighted by Crippen LogP contribution is 2.39. The predicted octanol–water partition coefficient (Wildman–Crippen LogP) is 5.37. The highest BCUT2D eigenvalue weighted by molar-refractivity contribution is 8.01. The van der Waals surface area contributed by atoms with E-state index in [1.165, 1.54) is 23.1 Å². The zero-order valence-electron chi connectivity index (χ0n) is 19.4. The number of carbonyl (C=O) groups excluding carboxylic acids is 2. The van der Waals surface area contributed by atoms with Gasteiger partial charge in [0.1, 0.15) is 0 Å². The number of thioether (sulfide) groups is 1. The van der Waals surface area contributed by atoms with Gasteiger partial charge in [-0.3, -0.25) is 14.9 Å². The van der Waals surface area contributed by atoms with Crippen LogP contribution in [0.4, 0.5) is 10.8 Å². The average Bonchev–Trinajstić information content (AvgIpc) is 3.27. The molecule has 0 fully saturated rings. The van der Waals surface area contributed by atoms with Crippen LogP contribution < -0.4 is 24.8 Å². The fraction of sp³-hybridized carbons (Fsp3) is 0.304. The van der Waals surface area contributed by atoms with E-state index >= 15 is 0 Å². The first-order valence-corrected chi connectivity index (χ1v) is 13.0. The smallest absolute Gasteiger partial charge is 0.257 e. The van der Waals surface area contributed by atoms with Crippen molar-refractivity contribution in [3.63, 3.8) is 0 Å². The van der Waals surface area contributed by atoms with Crippen LogP contribution in [-0.2, 0) is 4.79 Å². The number of halogens is 1. The molecule has 2 amide bonds. The lowest BCUT2D eigenvalue weighted by Gasteiger charge is -2.16. The molecular formula is C23H25ClN4O5S2. The van der Waals surface area contributed by atoms with Crippen molar-refractivity contribution in [2.45, 2.75) is 25.1 Å². The number of rotatable bonds is 12. The number of nitrogens with zero attached hydrogens (tertiary/aromatic N) is 2. The van der Waals surface area contributed by atoms with Crippen molar-refractivity contribution in [3.05, 3.63) is 47.0 Å². The van der Waals surface area contributed by atoms with E-state index in [4.69, 9.17) is 25.8 Å². The Morgan fingerprint density at radius 2 is 1.66 bits per heavy atom. The number of nitrogens with one attached hydrogen (secondary N) is 2. The molecule has 0 aliphatic heterocycles. The summed E-state index contributed by atoms with van der Waals surface area (Å²) in [5.41, 5.74) is 0.937. The predicted molar refractivity (Wildman–Crippen MR) is 139 cm³/mol. The molecule has 9 nitrogen and oxygen atoms in total. The molecule has 0 aliphatic carbocycles. The van der Waals surface area contributed by atoms with Gasteiger partial charge >= 0.3 is 0 Å². The second-order valence-electron chi connectivity index (χ2n) is 6.78. The Morgan fingerprint density at radius 1 is 0.971 bits per heavy atom. The normalized spacial score (nSPS) is 10.5. The van der Waals surface area contributed by atoms with E-state index in [-0.39, 0.29) is 11.7 Å². The second kappa shape index (κ2) is 13.2. The molecule has 35 heavy (non-hydrogen) atoms. The van der Waals surface area contributed by atoms with Crippen molar-refractivity contribution in [1.82, 2.24) is 10.2 Å². The van der Waals surface area contributed by atoms with Gasteiger partial charge in [0.05, 0.1) is 25.6 Å². The molecule has 1 aromatic heterocycles. The van der Waals surface area contributed by atoms with Crippen molar-refractivity contribution in [1.29, 1.82) is 0 Å². The fourth-order valence-electron chi connectivity index (χ4n) is 2.90. The quantitative estimate of drug-likeness (QED) is 0.235. The first-order valence-electron chi connectivity index (χ1n) is 10.8. The Morgan fingerprint density at radius 3 is 2.29 bits per heavy atom. The van der Waals surface area contributed by atoms with Crippen molar-refractivity contribution in [2.75, 3.05) is 36.2 Å². The van der Waals surface area contributed by atoms with Gasteiger partial charge in [0.2, 0.25) is 16.8 Å². The fourth-order valence-corrected chi connectivity index (χ4v) is 4.64. The molecule has 1 heterocycles. The minimum atomic E-state index is -0.402. The SMILES string of the molecule is CCOc1cc(C(=O)Nc2nnc(SCC(=O)Nc3cccc(Cl)c3)s2)cc(OCC)c1OCC. The summed E-state index contributed by atoms with van der Waals surface area (Å²) in [5.74, 6) is 0.817. The first-order chi connectivity index (χ1) is 16.9. The van der Waals surface area contributed by atoms with Crippen LogP contribution in [0.5, 0.6) is 17.2 Å². The molecule has 0 saturated carbocycles. The number of benzene rings is 2. The van der Waals surface area contributed by atoms with Gasteiger partial charge in [0, 0.05) is 16.3 Å². The van der Waals surface area contributed by atoms with Gasteiger partial charge in [-0.2, -0.15) is 0 Å². The Kier molecular flexibility index (Phi) is 10.0. The van der Waals surface area contributed by atoms with E-state index in [2.05, 4.69) is 20.8 Å². The van der Waals surface area contributed by atoms with Gasteiger partial charge in [-0.1, -0.05) is 40.8 Å². The number of anilines is 2. The summed E-state index contributed by atoms with van der Waals surface area (Å²) >= 11 is 8.31. The topological polar surface area (TPSA) is 112 Å². The second-order valence-corrected chi connectivity index (χ2v) is 9.41. The van der Waals surface area contributed by atoms with Crippen LogP contribution >= 0.6 is 34.7 Å². The maximum absolute atomic E-state index is 12.9. The molecule has 3 aromatic rings. The molecule has 0 saturated heterocycles. The summed E-state index contributed by atoms with van der Waals surface area (Å²) in [6.07, 6.45) is 0. The lowest BCUT2D eigenvalue weighted by Crippen LogP contribution is -2.13. The third kappa shape index (κ3) is 7.74. The molecule has 0 atom stereocenters. The molecule has 0 aliphatic rings. The van der Waals surface area contributed by atoms with E-state index in [0.29, 0.717) is 62.8 Å². The lowest BCUT2D eigenvalue weighted by molar-refractivity contribution is -0.113. The Labute approximate surface area is 216 Å². The molecule has 2 aromatic carbocycles. The summed E-state index contributed by atoms with van der Waals surface area (Å²) in [4.78, 5) is 25.1. The Balaban J connectivity index is 1.64. The molecule has 0 unspecified atom stereocenters. The van der Waals surface area contributed by atoms with Crippen LogP contribution in [0.3, 0.4) is 0 Å². The van der Waals surface area contributed by atoms with E-state index in [0.717, 1.165) is 0 Å². The molecule has 12 heteroatoms. The van der Waals surface area contributed by atoms with Gasteiger partial charge in [-0.05, 0) is 51.1 Å². The molecule has 3 rings (SSSR count). The van der Waals surface area contributed by atoms with Crippen molar-refractivity contribution in [2.24, 2.45) is 0 Å². The number of hydrogen-bond donors (Lipinski definition) is 2.